The summed E-state index contributed by atoms with van der Waals surface area (Å²) in [5.74, 6) is 2.74. The van der Waals surface area contributed by atoms with E-state index in [4.69, 9.17) is 5.73 Å². The van der Waals surface area contributed by atoms with Gasteiger partial charge in [-0.2, -0.15) is 0 Å². The molecule has 3 unspecified atom stereocenters. The molecule has 0 aromatic carbocycles. The first-order chi connectivity index (χ1) is 8.15. The molecule has 0 amide bonds. The van der Waals surface area contributed by atoms with Crippen LogP contribution in [0.15, 0.2) is 0 Å². The minimum atomic E-state index is 0.290. The van der Waals surface area contributed by atoms with Crippen molar-refractivity contribution in [2.75, 3.05) is 39.8 Å². The maximum Gasteiger partial charge on any atom is 0.0484 e. The largest absolute Gasteiger partial charge is 0.329 e. The van der Waals surface area contributed by atoms with Gasteiger partial charge in [-0.25, -0.2) is 0 Å². The van der Waals surface area contributed by atoms with Crippen LogP contribution in [0.25, 0.3) is 0 Å². The molecule has 3 atom stereocenters. The minimum absolute atomic E-state index is 0.290. The average Bonchev–Trinajstić information content (AvgIpc) is 3.05. The third-order valence-corrected chi connectivity index (χ3v) is 5.74. The standard InChI is InChI=1S/C14H27N3/c1-11-7-12(11)8-16(2)14(9-15)10-17-5-3-13(14)4-6-17/h11-13H,3-10,15H2,1-2H3. The van der Waals surface area contributed by atoms with Crippen LogP contribution in [0.3, 0.4) is 0 Å². The number of nitrogens with zero attached hydrogens (tertiary/aromatic N) is 2. The van der Waals surface area contributed by atoms with Crippen molar-refractivity contribution in [1.29, 1.82) is 0 Å². The molecule has 1 saturated carbocycles. The monoisotopic (exact) mass is 237 g/mol. The molecule has 0 aromatic rings. The molecule has 98 valence electrons. The van der Waals surface area contributed by atoms with Crippen LogP contribution in [0, 0.1) is 17.8 Å². The number of fused-ring (bicyclic) bond motifs is 3. The number of hydrogen-bond acceptors (Lipinski definition) is 3. The number of piperidine rings is 3. The highest BCUT2D eigenvalue weighted by Gasteiger charge is 2.49. The Morgan fingerprint density at radius 1 is 1.35 bits per heavy atom. The second kappa shape index (κ2) is 4.22. The summed E-state index contributed by atoms with van der Waals surface area (Å²) < 4.78 is 0. The molecule has 1 aliphatic carbocycles. The van der Waals surface area contributed by atoms with E-state index in [0.29, 0.717) is 5.54 Å². The van der Waals surface area contributed by atoms with E-state index in [2.05, 4.69) is 23.8 Å². The number of rotatable bonds is 4. The van der Waals surface area contributed by atoms with E-state index < -0.39 is 0 Å². The van der Waals surface area contributed by atoms with E-state index in [1.54, 1.807) is 0 Å². The van der Waals surface area contributed by atoms with Gasteiger partial charge in [0.25, 0.3) is 0 Å². The van der Waals surface area contributed by atoms with Gasteiger partial charge in [0, 0.05) is 25.2 Å². The number of hydrogen-bond donors (Lipinski definition) is 1. The summed E-state index contributed by atoms with van der Waals surface area (Å²) in [6.07, 6.45) is 4.16. The fourth-order valence-corrected chi connectivity index (χ4v) is 4.15. The zero-order chi connectivity index (χ0) is 12.0. The number of nitrogens with two attached hydrogens (primary N) is 1. The van der Waals surface area contributed by atoms with Crippen molar-refractivity contribution in [1.82, 2.24) is 9.80 Å². The van der Waals surface area contributed by atoms with Crippen molar-refractivity contribution in [2.45, 2.75) is 31.7 Å². The minimum Gasteiger partial charge on any atom is -0.329 e. The number of likely N-dealkylation sites (N-methyl/N-ethyl adjacent to an activating group) is 1. The lowest BCUT2D eigenvalue weighted by atomic mass is 9.71. The summed E-state index contributed by atoms with van der Waals surface area (Å²) >= 11 is 0. The zero-order valence-electron chi connectivity index (χ0n) is 11.4. The lowest BCUT2D eigenvalue weighted by Gasteiger charge is -2.57. The van der Waals surface area contributed by atoms with Crippen LogP contribution in [0.1, 0.15) is 26.2 Å². The Balaban J connectivity index is 1.72. The molecule has 3 nitrogen and oxygen atoms in total. The quantitative estimate of drug-likeness (QED) is 0.792. The highest BCUT2D eigenvalue weighted by molar-refractivity contribution is 5.06. The fraction of sp³-hybridized carbons (Fsp3) is 1.00. The molecule has 4 fully saturated rings. The van der Waals surface area contributed by atoms with Crippen molar-refractivity contribution in [2.24, 2.45) is 23.5 Å². The SMILES string of the molecule is CC1CC1CN(C)C1(CN)CN2CCC1CC2. The molecule has 0 radical (unpaired) electrons. The first kappa shape index (κ1) is 11.9. The molecule has 3 heteroatoms. The Morgan fingerprint density at radius 2 is 2.00 bits per heavy atom. The van der Waals surface area contributed by atoms with Gasteiger partial charge < -0.3 is 10.6 Å². The molecule has 4 rings (SSSR count). The van der Waals surface area contributed by atoms with Crippen molar-refractivity contribution in [3.63, 3.8) is 0 Å². The second-order valence-electron chi connectivity index (χ2n) is 6.71. The summed E-state index contributed by atoms with van der Waals surface area (Å²) in [5.41, 5.74) is 6.48. The Kier molecular flexibility index (Phi) is 2.96. The third-order valence-electron chi connectivity index (χ3n) is 5.74. The van der Waals surface area contributed by atoms with Gasteiger partial charge in [-0.15, -0.1) is 0 Å². The normalized spacial score (nSPS) is 48.7. The Bertz CT molecular complexity index is 285. The maximum absolute atomic E-state index is 6.19. The highest BCUT2D eigenvalue weighted by atomic mass is 15.3. The van der Waals surface area contributed by atoms with Crippen LogP contribution in [-0.4, -0.2) is 55.1 Å². The smallest absolute Gasteiger partial charge is 0.0484 e. The first-order valence-corrected chi connectivity index (χ1v) is 7.29. The van der Waals surface area contributed by atoms with Gasteiger partial charge >= 0.3 is 0 Å². The van der Waals surface area contributed by atoms with Gasteiger partial charge in [-0.1, -0.05) is 6.92 Å². The predicted octanol–water partition coefficient (Wildman–Crippen LogP) is 0.997. The lowest BCUT2D eigenvalue weighted by Crippen LogP contribution is -2.69. The molecule has 3 saturated heterocycles. The van der Waals surface area contributed by atoms with Crippen LogP contribution in [0.5, 0.6) is 0 Å². The molecule has 3 heterocycles. The Morgan fingerprint density at radius 3 is 2.41 bits per heavy atom. The molecule has 3 aliphatic heterocycles. The van der Waals surface area contributed by atoms with E-state index in [9.17, 15) is 0 Å². The molecule has 17 heavy (non-hydrogen) atoms. The van der Waals surface area contributed by atoms with Crippen molar-refractivity contribution in [3.05, 3.63) is 0 Å². The van der Waals surface area contributed by atoms with E-state index >= 15 is 0 Å². The van der Waals surface area contributed by atoms with E-state index in [-0.39, 0.29) is 0 Å². The van der Waals surface area contributed by atoms with Crippen molar-refractivity contribution < 1.29 is 0 Å². The van der Waals surface area contributed by atoms with E-state index in [1.165, 1.54) is 45.4 Å². The van der Waals surface area contributed by atoms with Crippen molar-refractivity contribution >= 4 is 0 Å². The van der Waals surface area contributed by atoms with Gasteiger partial charge in [0.05, 0.1) is 0 Å². The Hall–Kier alpha value is -0.120. The zero-order valence-corrected chi connectivity index (χ0v) is 11.4. The Labute approximate surface area is 105 Å². The molecular weight excluding hydrogens is 210 g/mol. The van der Waals surface area contributed by atoms with Gasteiger partial charge in [-0.05, 0) is 57.2 Å². The second-order valence-corrected chi connectivity index (χ2v) is 6.71. The topological polar surface area (TPSA) is 32.5 Å². The molecule has 2 N–H and O–H groups in total. The summed E-state index contributed by atoms with van der Waals surface area (Å²) in [6.45, 7) is 8.31. The van der Waals surface area contributed by atoms with Gasteiger partial charge in [-0.3, -0.25) is 4.90 Å². The first-order valence-electron chi connectivity index (χ1n) is 7.29. The molecule has 2 bridgehead atoms. The van der Waals surface area contributed by atoms with E-state index in [1.807, 2.05) is 0 Å². The van der Waals surface area contributed by atoms with Gasteiger partial charge in [0.15, 0.2) is 0 Å². The fourth-order valence-electron chi connectivity index (χ4n) is 4.15. The van der Waals surface area contributed by atoms with Crippen LogP contribution in [0.2, 0.25) is 0 Å². The summed E-state index contributed by atoms with van der Waals surface area (Å²) in [6, 6.07) is 0. The molecule has 0 aromatic heterocycles. The predicted molar refractivity (Wildman–Crippen MR) is 70.9 cm³/mol. The van der Waals surface area contributed by atoms with Gasteiger partial charge in [0.2, 0.25) is 0 Å². The molecule has 4 aliphatic rings. The van der Waals surface area contributed by atoms with Crippen LogP contribution >= 0.6 is 0 Å². The summed E-state index contributed by atoms with van der Waals surface area (Å²) in [4.78, 5) is 5.25. The summed E-state index contributed by atoms with van der Waals surface area (Å²) in [5, 5.41) is 0. The molecule has 0 spiro atoms. The van der Waals surface area contributed by atoms with Crippen LogP contribution < -0.4 is 5.73 Å². The lowest BCUT2D eigenvalue weighted by molar-refractivity contribution is -0.0579. The molecular formula is C14H27N3. The van der Waals surface area contributed by atoms with Crippen LogP contribution in [0.4, 0.5) is 0 Å². The average molecular weight is 237 g/mol. The van der Waals surface area contributed by atoms with Crippen LogP contribution in [-0.2, 0) is 0 Å². The van der Waals surface area contributed by atoms with E-state index in [0.717, 1.165) is 24.3 Å². The third kappa shape index (κ3) is 1.92. The van der Waals surface area contributed by atoms with Gasteiger partial charge in [0.1, 0.15) is 0 Å². The maximum atomic E-state index is 6.19. The summed E-state index contributed by atoms with van der Waals surface area (Å²) in [7, 11) is 2.32. The highest BCUT2D eigenvalue weighted by Crippen LogP contribution is 2.43. The van der Waals surface area contributed by atoms with Crippen molar-refractivity contribution in [3.8, 4) is 0 Å².